The lowest BCUT2D eigenvalue weighted by Gasteiger charge is -2.33. The SMILES string of the molecule is O=C1Nc2ccc(F)cc2CN1CC(=O)N1C[C@H]2C=C(c3ccnnc3)[C@@H]1C2. The normalized spacial score (nSPS) is 22.8. The average molecular weight is 379 g/mol. The molecule has 142 valence electrons. The van der Waals surface area contributed by atoms with Gasteiger partial charge in [0.05, 0.1) is 25.0 Å². The number of amides is 3. The fourth-order valence-corrected chi connectivity index (χ4v) is 4.34. The van der Waals surface area contributed by atoms with E-state index in [1.807, 2.05) is 11.0 Å². The van der Waals surface area contributed by atoms with Crippen LogP contribution < -0.4 is 5.32 Å². The molecule has 3 aliphatic rings. The number of urea groups is 1. The van der Waals surface area contributed by atoms with Crippen LogP contribution in [0.5, 0.6) is 0 Å². The van der Waals surface area contributed by atoms with Crippen molar-refractivity contribution in [3.63, 3.8) is 0 Å². The number of anilines is 1. The first-order chi connectivity index (χ1) is 13.6. The summed E-state index contributed by atoms with van der Waals surface area (Å²) >= 11 is 0. The lowest BCUT2D eigenvalue weighted by Crippen LogP contribution is -2.48. The fourth-order valence-electron chi connectivity index (χ4n) is 4.34. The first-order valence-electron chi connectivity index (χ1n) is 9.21. The smallest absolute Gasteiger partial charge is 0.322 e. The number of nitrogens with one attached hydrogen (secondary N) is 1. The van der Waals surface area contributed by atoms with Gasteiger partial charge in [0.2, 0.25) is 5.91 Å². The minimum Gasteiger partial charge on any atom is -0.333 e. The molecule has 2 atom stereocenters. The highest BCUT2D eigenvalue weighted by Crippen LogP contribution is 2.41. The molecule has 28 heavy (non-hydrogen) atoms. The number of likely N-dealkylation sites (tertiary alicyclic amines) is 1. The molecule has 1 aromatic heterocycles. The molecule has 1 aromatic carbocycles. The summed E-state index contributed by atoms with van der Waals surface area (Å²) in [4.78, 5) is 28.6. The van der Waals surface area contributed by atoms with E-state index < -0.39 is 0 Å². The van der Waals surface area contributed by atoms with E-state index in [1.54, 1.807) is 18.5 Å². The zero-order valence-electron chi connectivity index (χ0n) is 15.0. The third kappa shape index (κ3) is 2.81. The molecule has 2 bridgehead atoms. The van der Waals surface area contributed by atoms with Crippen LogP contribution in [0, 0.1) is 11.7 Å². The first-order valence-corrected chi connectivity index (χ1v) is 9.21. The van der Waals surface area contributed by atoms with E-state index in [2.05, 4.69) is 21.6 Å². The number of hydrogen-bond donors (Lipinski definition) is 1. The van der Waals surface area contributed by atoms with Gasteiger partial charge in [-0.3, -0.25) is 4.79 Å². The maximum Gasteiger partial charge on any atom is 0.322 e. The van der Waals surface area contributed by atoms with E-state index in [4.69, 9.17) is 0 Å². The predicted octanol–water partition coefficient (Wildman–Crippen LogP) is 2.28. The highest BCUT2D eigenvalue weighted by molar-refractivity contribution is 5.95. The summed E-state index contributed by atoms with van der Waals surface area (Å²) in [6, 6.07) is 5.79. The third-order valence-electron chi connectivity index (χ3n) is 5.63. The molecule has 0 saturated carbocycles. The van der Waals surface area contributed by atoms with Gasteiger partial charge in [0.15, 0.2) is 0 Å². The molecule has 0 radical (unpaired) electrons. The molecule has 1 saturated heterocycles. The zero-order valence-corrected chi connectivity index (χ0v) is 15.0. The molecule has 1 fully saturated rings. The molecule has 8 heteroatoms. The Labute approximate surface area is 160 Å². The number of halogens is 1. The second-order valence-electron chi connectivity index (χ2n) is 7.40. The molecule has 1 aliphatic carbocycles. The summed E-state index contributed by atoms with van der Waals surface area (Å²) < 4.78 is 13.5. The third-order valence-corrected chi connectivity index (χ3v) is 5.63. The topological polar surface area (TPSA) is 78.4 Å². The van der Waals surface area contributed by atoms with E-state index in [0.717, 1.165) is 17.6 Å². The Kier molecular flexibility index (Phi) is 3.85. The number of aromatic nitrogens is 2. The summed E-state index contributed by atoms with van der Waals surface area (Å²) in [5.41, 5.74) is 3.32. The number of benzene rings is 1. The van der Waals surface area contributed by atoms with Crippen LogP contribution in [0.25, 0.3) is 5.57 Å². The van der Waals surface area contributed by atoms with Crippen LogP contribution in [0.2, 0.25) is 0 Å². The van der Waals surface area contributed by atoms with E-state index in [0.29, 0.717) is 23.7 Å². The van der Waals surface area contributed by atoms with Crippen LogP contribution in [0.15, 0.2) is 42.7 Å². The highest BCUT2D eigenvalue weighted by Gasteiger charge is 2.42. The fraction of sp³-hybridized carbons (Fsp3) is 0.300. The summed E-state index contributed by atoms with van der Waals surface area (Å²) in [6.07, 6.45) is 6.45. The summed E-state index contributed by atoms with van der Waals surface area (Å²) in [6.45, 7) is 0.836. The quantitative estimate of drug-likeness (QED) is 0.888. The Morgan fingerprint density at radius 2 is 2.18 bits per heavy atom. The summed E-state index contributed by atoms with van der Waals surface area (Å²) in [5, 5.41) is 10.5. The molecule has 1 N–H and O–H groups in total. The molecule has 5 rings (SSSR count). The van der Waals surface area contributed by atoms with E-state index in [-0.39, 0.29) is 36.9 Å². The minimum atomic E-state index is -0.362. The molecule has 2 aliphatic heterocycles. The van der Waals surface area contributed by atoms with Crippen molar-refractivity contribution < 1.29 is 14.0 Å². The van der Waals surface area contributed by atoms with Crippen molar-refractivity contribution in [2.75, 3.05) is 18.4 Å². The van der Waals surface area contributed by atoms with Gasteiger partial charge < -0.3 is 15.1 Å². The number of carbonyl (C=O) groups excluding carboxylic acids is 2. The van der Waals surface area contributed by atoms with Gasteiger partial charge in [0.1, 0.15) is 12.4 Å². The van der Waals surface area contributed by atoms with Gasteiger partial charge in [-0.05, 0) is 47.7 Å². The molecule has 0 spiro atoms. The van der Waals surface area contributed by atoms with Crippen molar-refractivity contribution >= 4 is 23.2 Å². The monoisotopic (exact) mass is 379 g/mol. The number of fused-ring (bicyclic) bond motifs is 3. The second-order valence-corrected chi connectivity index (χ2v) is 7.40. The predicted molar refractivity (Wildman–Crippen MR) is 99.4 cm³/mol. The number of hydrogen-bond acceptors (Lipinski definition) is 4. The molecule has 0 unspecified atom stereocenters. The van der Waals surface area contributed by atoms with E-state index in [9.17, 15) is 14.0 Å². The molecule has 3 amide bonds. The maximum atomic E-state index is 13.5. The number of nitrogens with zero attached hydrogens (tertiary/aromatic N) is 4. The van der Waals surface area contributed by atoms with Crippen LogP contribution in [0.1, 0.15) is 17.5 Å². The van der Waals surface area contributed by atoms with Crippen LogP contribution in [-0.2, 0) is 11.3 Å². The maximum absolute atomic E-state index is 13.5. The van der Waals surface area contributed by atoms with Crippen molar-refractivity contribution in [1.82, 2.24) is 20.0 Å². The van der Waals surface area contributed by atoms with Crippen LogP contribution in [-0.4, -0.2) is 51.1 Å². The zero-order chi connectivity index (χ0) is 19.3. The van der Waals surface area contributed by atoms with Crippen molar-refractivity contribution in [3.8, 4) is 0 Å². The number of carbonyl (C=O) groups is 2. The van der Waals surface area contributed by atoms with Crippen molar-refractivity contribution in [2.45, 2.75) is 19.0 Å². The Bertz CT molecular complexity index is 993. The Morgan fingerprint density at radius 1 is 1.29 bits per heavy atom. The summed E-state index contributed by atoms with van der Waals surface area (Å²) in [7, 11) is 0. The minimum absolute atomic E-state index is 0.000664. The van der Waals surface area contributed by atoms with Crippen LogP contribution in [0.3, 0.4) is 0 Å². The lowest BCUT2D eigenvalue weighted by atomic mass is 10.0. The van der Waals surface area contributed by atoms with Gasteiger partial charge in [-0.1, -0.05) is 6.08 Å². The Hall–Kier alpha value is -3.29. The van der Waals surface area contributed by atoms with Gasteiger partial charge in [0, 0.05) is 17.8 Å². The average Bonchev–Trinajstić information content (AvgIpc) is 3.31. The second kappa shape index (κ2) is 6.40. The Balaban J connectivity index is 1.32. The highest BCUT2D eigenvalue weighted by atomic mass is 19.1. The number of rotatable bonds is 3. The van der Waals surface area contributed by atoms with Gasteiger partial charge in [0.25, 0.3) is 0 Å². The largest absolute Gasteiger partial charge is 0.333 e. The summed E-state index contributed by atoms with van der Waals surface area (Å²) in [5.74, 6) is -0.143. The van der Waals surface area contributed by atoms with Crippen LogP contribution >= 0.6 is 0 Å². The molecule has 3 heterocycles. The Morgan fingerprint density at radius 3 is 2.96 bits per heavy atom. The lowest BCUT2D eigenvalue weighted by molar-refractivity contribution is -0.132. The van der Waals surface area contributed by atoms with Gasteiger partial charge in [-0.25, -0.2) is 9.18 Å². The van der Waals surface area contributed by atoms with E-state index in [1.165, 1.54) is 17.0 Å². The molecule has 2 aromatic rings. The van der Waals surface area contributed by atoms with E-state index >= 15 is 0 Å². The molecule has 7 nitrogen and oxygen atoms in total. The molecular weight excluding hydrogens is 361 g/mol. The van der Waals surface area contributed by atoms with Gasteiger partial charge >= 0.3 is 6.03 Å². The van der Waals surface area contributed by atoms with Crippen molar-refractivity contribution in [3.05, 3.63) is 59.7 Å². The van der Waals surface area contributed by atoms with Gasteiger partial charge in [-0.15, -0.1) is 0 Å². The first kappa shape index (κ1) is 16.9. The van der Waals surface area contributed by atoms with Gasteiger partial charge in [-0.2, -0.15) is 10.2 Å². The van der Waals surface area contributed by atoms with Crippen LogP contribution in [0.4, 0.5) is 14.9 Å². The standard InChI is InChI=1S/C20H18FN5O2/c21-15-1-2-17-14(7-15)10-25(20(28)24-17)11-19(27)26-9-12-5-16(18(26)6-12)13-3-4-22-23-8-13/h1-5,7-8,12,18H,6,9-11H2,(H,24,28)/t12-,18-/m0/s1. The van der Waals surface area contributed by atoms with Crippen molar-refractivity contribution in [1.29, 1.82) is 0 Å². The molecular formula is C20H18FN5O2. The van der Waals surface area contributed by atoms with Crippen molar-refractivity contribution in [2.24, 2.45) is 5.92 Å².